The Morgan fingerprint density at radius 2 is 2.26 bits per heavy atom. The molecule has 0 amide bonds. The third kappa shape index (κ3) is 3.78. The second-order valence-electron chi connectivity index (χ2n) is 4.36. The normalized spacial score (nSPS) is 12.4. The third-order valence-electron chi connectivity index (χ3n) is 2.89. The quantitative estimate of drug-likeness (QED) is 0.890. The van der Waals surface area contributed by atoms with Gasteiger partial charge in [-0.15, -0.1) is 11.3 Å². The lowest BCUT2D eigenvalue weighted by Crippen LogP contribution is -2.13. The predicted octanol–water partition coefficient (Wildman–Crippen LogP) is 4.07. The van der Waals surface area contributed by atoms with E-state index in [4.69, 9.17) is 4.74 Å². The van der Waals surface area contributed by atoms with E-state index in [0.29, 0.717) is 6.61 Å². The van der Waals surface area contributed by atoms with E-state index < -0.39 is 0 Å². The zero-order valence-corrected chi connectivity index (χ0v) is 13.6. The summed E-state index contributed by atoms with van der Waals surface area (Å²) in [7, 11) is 1.95. The molecular weight excluding hydrogens is 324 g/mol. The summed E-state index contributed by atoms with van der Waals surface area (Å²) in [4.78, 5) is 4.41. The van der Waals surface area contributed by atoms with Crippen molar-refractivity contribution in [2.24, 2.45) is 0 Å². The van der Waals surface area contributed by atoms with Crippen molar-refractivity contribution in [2.45, 2.75) is 26.5 Å². The molecule has 0 saturated heterocycles. The summed E-state index contributed by atoms with van der Waals surface area (Å²) >= 11 is 5.11. The monoisotopic (exact) mass is 340 g/mol. The van der Waals surface area contributed by atoms with Gasteiger partial charge in [-0.25, -0.2) is 4.98 Å². The van der Waals surface area contributed by atoms with Gasteiger partial charge in [0.1, 0.15) is 17.4 Å². The van der Waals surface area contributed by atoms with Crippen LogP contribution < -0.4 is 10.1 Å². The van der Waals surface area contributed by atoms with Crippen LogP contribution in [0.1, 0.15) is 29.2 Å². The molecule has 2 aromatic rings. The molecule has 1 unspecified atom stereocenters. The maximum absolute atomic E-state index is 5.92. The minimum atomic E-state index is 0.251. The summed E-state index contributed by atoms with van der Waals surface area (Å²) in [6, 6.07) is 6.36. The van der Waals surface area contributed by atoms with Crippen LogP contribution in [0.15, 0.2) is 28.1 Å². The van der Waals surface area contributed by atoms with Gasteiger partial charge in [-0.3, -0.25) is 0 Å². The van der Waals surface area contributed by atoms with Crippen LogP contribution in [-0.2, 0) is 6.61 Å². The smallest absolute Gasteiger partial charge is 0.140 e. The molecule has 0 aliphatic heterocycles. The number of aromatic nitrogens is 1. The molecule has 1 aromatic carbocycles. The molecular formula is C14H17BrN2OS. The number of thiazole rings is 1. The molecule has 0 fully saturated rings. The fourth-order valence-electron chi connectivity index (χ4n) is 1.75. The zero-order chi connectivity index (χ0) is 13.8. The first-order valence-corrected chi connectivity index (χ1v) is 7.78. The summed E-state index contributed by atoms with van der Waals surface area (Å²) in [5, 5.41) is 6.27. The van der Waals surface area contributed by atoms with Gasteiger partial charge in [-0.2, -0.15) is 0 Å². The van der Waals surface area contributed by atoms with Crippen molar-refractivity contribution in [3.05, 3.63) is 44.3 Å². The molecule has 0 aliphatic carbocycles. The molecule has 5 heteroatoms. The van der Waals surface area contributed by atoms with Crippen LogP contribution in [0.4, 0.5) is 0 Å². The minimum absolute atomic E-state index is 0.251. The van der Waals surface area contributed by atoms with Gasteiger partial charge in [-0.1, -0.05) is 22.0 Å². The fourth-order valence-corrected chi connectivity index (χ4v) is 2.78. The highest BCUT2D eigenvalue weighted by Gasteiger charge is 2.11. The van der Waals surface area contributed by atoms with Crippen molar-refractivity contribution < 1.29 is 4.74 Å². The molecule has 0 bridgehead atoms. The molecule has 1 aromatic heterocycles. The Morgan fingerprint density at radius 3 is 2.89 bits per heavy atom. The Kier molecular flexibility index (Phi) is 4.96. The summed E-state index contributed by atoms with van der Waals surface area (Å²) in [6.07, 6.45) is 0. The van der Waals surface area contributed by atoms with E-state index in [-0.39, 0.29) is 6.04 Å². The molecule has 1 heterocycles. The van der Waals surface area contributed by atoms with Gasteiger partial charge in [0.05, 0.1) is 0 Å². The van der Waals surface area contributed by atoms with Crippen LogP contribution in [-0.4, -0.2) is 12.0 Å². The van der Waals surface area contributed by atoms with Gasteiger partial charge in [0.15, 0.2) is 0 Å². The Bertz CT molecular complexity index is 556. The van der Waals surface area contributed by atoms with Gasteiger partial charge in [-0.05, 0) is 33.0 Å². The van der Waals surface area contributed by atoms with E-state index in [9.17, 15) is 0 Å². The first kappa shape index (κ1) is 14.5. The van der Waals surface area contributed by atoms with Crippen molar-refractivity contribution >= 4 is 27.3 Å². The number of hydrogen-bond acceptors (Lipinski definition) is 4. The molecule has 3 nitrogen and oxygen atoms in total. The summed E-state index contributed by atoms with van der Waals surface area (Å²) < 4.78 is 6.94. The number of aryl methyl sites for hydroxylation is 1. The molecule has 2 rings (SSSR count). The Labute approximate surface area is 126 Å². The van der Waals surface area contributed by atoms with Gasteiger partial charge in [0.25, 0.3) is 0 Å². The summed E-state index contributed by atoms with van der Waals surface area (Å²) in [6.45, 7) is 4.62. The van der Waals surface area contributed by atoms with Crippen molar-refractivity contribution in [3.8, 4) is 5.75 Å². The van der Waals surface area contributed by atoms with Gasteiger partial charge < -0.3 is 10.1 Å². The maximum Gasteiger partial charge on any atom is 0.140 e. The molecule has 1 N–H and O–H groups in total. The van der Waals surface area contributed by atoms with Crippen LogP contribution in [0.3, 0.4) is 0 Å². The average Bonchev–Trinajstić information content (AvgIpc) is 2.81. The Morgan fingerprint density at radius 1 is 1.47 bits per heavy atom. The Hall–Kier alpha value is -0.910. The number of halogens is 1. The number of hydrogen-bond donors (Lipinski definition) is 1. The van der Waals surface area contributed by atoms with E-state index in [0.717, 1.165) is 26.5 Å². The standard InChI is InChI=1S/C14H17BrN2OS/c1-9-8-19-14(17-9)7-18-13-6-11(15)4-5-12(13)10(2)16-3/h4-6,8,10,16H,7H2,1-3H3. The van der Waals surface area contributed by atoms with Crippen LogP contribution in [0.25, 0.3) is 0 Å². The predicted molar refractivity (Wildman–Crippen MR) is 82.8 cm³/mol. The first-order chi connectivity index (χ1) is 9.10. The minimum Gasteiger partial charge on any atom is -0.486 e. The van der Waals surface area contributed by atoms with Crippen LogP contribution in [0, 0.1) is 6.92 Å². The number of rotatable bonds is 5. The average molecular weight is 341 g/mol. The number of nitrogens with zero attached hydrogens (tertiary/aromatic N) is 1. The molecule has 102 valence electrons. The lowest BCUT2D eigenvalue weighted by atomic mass is 10.1. The maximum atomic E-state index is 5.92. The molecule has 0 aliphatic rings. The molecule has 0 spiro atoms. The number of ether oxygens (including phenoxy) is 1. The second kappa shape index (κ2) is 6.50. The highest BCUT2D eigenvalue weighted by atomic mass is 79.9. The highest BCUT2D eigenvalue weighted by molar-refractivity contribution is 9.10. The van der Waals surface area contributed by atoms with Crippen LogP contribution in [0.5, 0.6) is 5.75 Å². The SMILES string of the molecule is CNC(C)c1ccc(Br)cc1OCc1nc(C)cs1. The van der Waals surface area contributed by atoms with E-state index in [1.54, 1.807) is 11.3 Å². The van der Waals surface area contributed by atoms with Gasteiger partial charge in [0.2, 0.25) is 0 Å². The van der Waals surface area contributed by atoms with E-state index in [1.165, 1.54) is 0 Å². The molecule has 0 saturated carbocycles. The lowest BCUT2D eigenvalue weighted by molar-refractivity contribution is 0.299. The van der Waals surface area contributed by atoms with E-state index in [1.807, 2.05) is 31.5 Å². The Balaban J connectivity index is 2.16. The lowest BCUT2D eigenvalue weighted by Gasteiger charge is -2.16. The first-order valence-electron chi connectivity index (χ1n) is 6.10. The summed E-state index contributed by atoms with van der Waals surface area (Å²) in [5.74, 6) is 0.893. The number of nitrogens with one attached hydrogen (secondary N) is 1. The van der Waals surface area contributed by atoms with Crippen LogP contribution >= 0.6 is 27.3 Å². The second-order valence-corrected chi connectivity index (χ2v) is 6.22. The van der Waals surface area contributed by atoms with Gasteiger partial charge in [0, 0.05) is 27.2 Å². The summed E-state index contributed by atoms with van der Waals surface area (Å²) in [5.41, 5.74) is 2.20. The molecule has 19 heavy (non-hydrogen) atoms. The van der Waals surface area contributed by atoms with E-state index >= 15 is 0 Å². The van der Waals surface area contributed by atoms with E-state index in [2.05, 4.69) is 39.2 Å². The number of benzene rings is 1. The highest BCUT2D eigenvalue weighted by Crippen LogP contribution is 2.29. The largest absolute Gasteiger partial charge is 0.486 e. The molecule has 0 radical (unpaired) electrons. The fraction of sp³-hybridized carbons (Fsp3) is 0.357. The molecule has 1 atom stereocenters. The topological polar surface area (TPSA) is 34.1 Å². The van der Waals surface area contributed by atoms with Crippen molar-refractivity contribution in [3.63, 3.8) is 0 Å². The van der Waals surface area contributed by atoms with Crippen LogP contribution in [0.2, 0.25) is 0 Å². The van der Waals surface area contributed by atoms with Crippen molar-refractivity contribution in [1.82, 2.24) is 10.3 Å². The third-order valence-corrected chi connectivity index (χ3v) is 4.33. The van der Waals surface area contributed by atoms with Crippen molar-refractivity contribution in [2.75, 3.05) is 7.05 Å². The van der Waals surface area contributed by atoms with Crippen molar-refractivity contribution in [1.29, 1.82) is 0 Å². The zero-order valence-electron chi connectivity index (χ0n) is 11.2. The van der Waals surface area contributed by atoms with Gasteiger partial charge >= 0.3 is 0 Å².